The summed E-state index contributed by atoms with van der Waals surface area (Å²) >= 11 is 0. The number of nitrogens with zero attached hydrogens (tertiary/aromatic N) is 2. The number of ether oxygens (including phenoxy) is 2. The molecule has 2 heterocycles. The van der Waals surface area contributed by atoms with Gasteiger partial charge in [0.25, 0.3) is 0 Å². The zero-order chi connectivity index (χ0) is 37.7. The van der Waals surface area contributed by atoms with Crippen LogP contribution in [0.15, 0.2) is 131 Å². The molecule has 4 aromatic carbocycles. The smallest absolute Gasteiger partial charge is 1.00 e. The van der Waals surface area contributed by atoms with Gasteiger partial charge in [0.05, 0.1) is 23.9 Å². The average molecular weight is 1040 g/mol. The van der Waals surface area contributed by atoms with Gasteiger partial charge in [-0.2, -0.15) is 0 Å². The first-order chi connectivity index (χ1) is 26.1. The Kier molecular flexibility index (Phi) is 18.2. The van der Waals surface area contributed by atoms with Gasteiger partial charge in [0.15, 0.2) is 11.8 Å². The van der Waals surface area contributed by atoms with Crippen LogP contribution in [0.1, 0.15) is 41.5 Å². The molecule has 2 fully saturated rings. The van der Waals surface area contributed by atoms with Crippen LogP contribution in [0, 0.1) is 72.5 Å². The van der Waals surface area contributed by atoms with E-state index in [2.05, 4.69) is 201 Å². The molecule has 57 heavy (non-hydrogen) atoms. The van der Waals surface area contributed by atoms with E-state index < -0.39 is 15.8 Å². The van der Waals surface area contributed by atoms with Crippen LogP contribution in [0.25, 0.3) is 0 Å². The molecule has 2 aliphatic heterocycles. The number of aliphatic imine (C=N–C) groups is 2. The van der Waals surface area contributed by atoms with Crippen molar-refractivity contribution < 1.29 is 61.3 Å². The predicted molar refractivity (Wildman–Crippen MR) is 230 cm³/mol. The number of halogens is 1. The molecule has 0 bridgehead atoms. The summed E-state index contributed by atoms with van der Waals surface area (Å²) in [7, 11) is -1.30. The number of hydrogen-bond acceptors (Lipinski definition) is 4. The summed E-state index contributed by atoms with van der Waals surface area (Å²) in [6.07, 6.45) is 13.0. The monoisotopic (exact) mass is 1040 g/mol. The van der Waals surface area contributed by atoms with Crippen LogP contribution in [-0.4, -0.2) is 37.1 Å². The maximum absolute atomic E-state index is 6.06. The first-order valence-corrected chi connectivity index (χ1v) is 21.5. The van der Waals surface area contributed by atoms with Crippen LogP contribution < -0.4 is 33.6 Å². The molecule has 4 nitrogen and oxygen atoms in total. The normalized spacial score (nSPS) is 20.4. The molecule has 9 heteroatoms. The topological polar surface area (TPSA) is 43.2 Å². The van der Waals surface area contributed by atoms with E-state index in [-0.39, 0.29) is 74.8 Å². The predicted octanol–water partition coefficient (Wildman–Crippen LogP) is 6.39. The first kappa shape index (κ1) is 47.9. The van der Waals surface area contributed by atoms with Crippen LogP contribution in [0.4, 0.5) is 0 Å². The van der Waals surface area contributed by atoms with Crippen molar-refractivity contribution in [1.29, 1.82) is 0 Å². The number of benzene rings is 4. The molecule has 2 saturated carbocycles. The van der Waals surface area contributed by atoms with Crippen molar-refractivity contribution in [3.05, 3.63) is 183 Å². The Bertz CT molecular complexity index is 1640. The summed E-state index contributed by atoms with van der Waals surface area (Å²) in [5.74, 6) is 3.88. The molecule has 4 aromatic rings. The molecule has 0 N–H and O–H groups in total. The molecule has 4 aliphatic rings. The van der Waals surface area contributed by atoms with E-state index in [9.17, 15) is 0 Å². The van der Waals surface area contributed by atoms with E-state index in [0.29, 0.717) is 13.2 Å². The van der Waals surface area contributed by atoms with Crippen LogP contribution in [-0.2, 0) is 48.9 Å². The Balaban J connectivity index is 0.000000240. The van der Waals surface area contributed by atoms with E-state index in [1.807, 2.05) is 0 Å². The van der Waals surface area contributed by atoms with Gasteiger partial charge >= 0.3 is 39.4 Å². The van der Waals surface area contributed by atoms with Crippen LogP contribution in [0.3, 0.4) is 0 Å². The second-order valence-corrected chi connectivity index (χ2v) is 20.3. The largest absolute Gasteiger partial charge is 3.00 e. The van der Waals surface area contributed by atoms with Crippen molar-refractivity contribution in [3.8, 4) is 0 Å². The van der Waals surface area contributed by atoms with Crippen LogP contribution in [0.2, 0.25) is 0 Å². The minimum atomic E-state index is -0.649. The minimum absolute atomic E-state index is 0. The Morgan fingerprint density at radius 2 is 0.754 bits per heavy atom. The first-order valence-electron chi connectivity index (χ1n) is 18.8. The maximum Gasteiger partial charge on any atom is 3.00 e. The van der Waals surface area contributed by atoms with E-state index in [4.69, 9.17) is 19.5 Å². The summed E-state index contributed by atoms with van der Waals surface area (Å²) in [6.45, 7) is 14.7. The van der Waals surface area contributed by atoms with Gasteiger partial charge in [-0.05, 0) is 86.4 Å². The third-order valence-corrected chi connectivity index (χ3v) is 14.9. The average Bonchev–Trinajstić information content (AvgIpc) is 4.01. The quantitative estimate of drug-likeness (QED) is 0.152. The Morgan fingerprint density at radius 1 is 0.474 bits per heavy atom. The molecular formula is C48H50AuClFeN2O2P2+4. The van der Waals surface area contributed by atoms with Crippen LogP contribution in [0.5, 0.6) is 0 Å². The van der Waals surface area contributed by atoms with Gasteiger partial charge in [-0.1, -0.05) is 163 Å². The summed E-state index contributed by atoms with van der Waals surface area (Å²) in [5.41, 5.74) is 2.85. The summed E-state index contributed by atoms with van der Waals surface area (Å²) in [4.78, 5) is 9.87. The van der Waals surface area contributed by atoms with Gasteiger partial charge in [0.2, 0.25) is 0 Å². The zero-order valence-electron chi connectivity index (χ0n) is 33.2. The second-order valence-electron chi connectivity index (χ2n) is 15.9. The fourth-order valence-electron chi connectivity index (χ4n) is 6.67. The molecule has 0 saturated heterocycles. The third kappa shape index (κ3) is 11.7. The summed E-state index contributed by atoms with van der Waals surface area (Å²) < 4.78 is 12.1. The van der Waals surface area contributed by atoms with E-state index in [0.717, 1.165) is 23.6 Å². The molecule has 8 rings (SSSR count). The molecule has 10 radical (unpaired) electrons. The van der Waals surface area contributed by atoms with Gasteiger partial charge in [-0.15, -0.1) is 0 Å². The Hall–Kier alpha value is -1.77. The van der Waals surface area contributed by atoms with Crippen molar-refractivity contribution >= 4 is 48.9 Å². The summed E-state index contributed by atoms with van der Waals surface area (Å²) in [5, 5.41) is 5.38. The van der Waals surface area contributed by atoms with Gasteiger partial charge in [0.1, 0.15) is 13.2 Å². The molecule has 2 unspecified atom stereocenters. The van der Waals surface area contributed by atoms with Crippen molar-refractivity contribution in [2.24, 2.45) is 20.8 Å². The Labute approximate surface area is 378 Å². The Morgan fingerprint density at radius 3 is 1.00 bits per heavy atom. The molecule has 2 aliphatic carbocycles. The van der Waals surface area contributed by atoms with Gasteiger partial charge in [0, 0.05) is 11.3 Å². The van der Waals surface area contributed by atoms with E-state index in [1.54, 1.807) is 0 Å². The fraction of sp³-hybridized carbons (Fsp3) is 0.250. The van der Waals surface area contributed by atoms with Gasteiger partial charge in [-0.25, -0.2) is 9.98 Å². The number of hydrogen-bond donors (Lipinski definition) is 0. The minimum Gasteiger partial charge on any atom is -1.00 e. The SMILES string of the molecule is CC(C)(C)C1COC([C]2[CH][CH][CH][C]2P(c2ccccc2)c2ccccc2)=N1.CC(C)(C)C1COC([C]2[CH][CH][CH][C]2P(c2ccccc2)c2ccccc2)=N1.[Au+3].[Cl-].[Fe+2]. The molecule has 0 aromatic heterocycles. The molecule has 2 atom stereocenters. The van der Waals surface area contributed by atoms with Crippen molar-refractivity contribution in [1.82, 2.24) is 0 Å². The molecule has 296 valence electrons. The van der Waals surface area contributed by atoms with Crippen molar-refractivity contribution in [3.63, 3.8) is 0 Å². The molecule has 0 spiro atoms. The van der Waals surface area contributed by atoms with Gasteiger partial charge < -0.3 is 21.9 Å². The van der Waals surface area contributed by atoms with E-state index >= 15 is 0 Å². The molecule has 0 amide bonds. The number of rotatable bonds is 8. The second kappa shape index (κ2) is 21.7. The van der Waals surface area contributed by atoms with Gasteiger partial charge in [-0.3, -0.25) is 0 Å². The van der Waals surface area contributed by atoms with Crippen molar-refractivity contribution in [2.45, 2.75) is 53.6 Å². The summed E-state index contributed by atoms with van der Waals surface area (Å²) in [6, 6.07) is 43.5. The standard InChI is InChI=1S/2C24H25NOP.Au.ClH.Fe/c2*1-24(2,3)22-17-26-23(25-22)20-15-10-16-21(20)27(18-11-6-4-7-12-18)19-13-8-5-9-14-19;;;/h2*4-16,22H,17H2,1-3H3;;1H;/q;;+3;;+2/p-1. The van der Waals surface area contributed by atoms with E-state index in [1.165, 1.54) is 32.5 Å². The third-order valence-electron chi connectivity index (χ3n) is 9.89. The zero-order valence-corrected chi connectivity index (χ0v) is 39.0. The molecular weight excluding hydrogens is 987 g/mol. The van der Waals surface area contributed by atoms with Crippen LogP contribution >= 0.6 is 15.8 Å². The maximum atomic E-state index is 6.06. The van der Waals surface area contributed by atoms with Crippen molar-refractivity contribution in [2.75, 3.05) is 13.2 Å². The fourth-order valence-corrected chi connectivity index (χ4v) is 11.5.